The summed E-state index contributed by atoms with van der Waals surface area (Å²) in [5, 5.41) is 6.81. The van der Waals surface area contributed by atoms with E-state index < -0.39 is 0 Å². The topological polar surface area (TPSA) is 38.9 Å². The maximum atomic E-state index is 5.64. The van der Waals surface area contributed by atoms with E-state index in [1.165, 1.54) is 21.7 Å². The molecule has 80 valence electrons. The number of benzene rings is 1. The third-order valence-electron chi connectivity index (χ3n) is 2.23. The number of thiazole rings is 1. The Balaban J connectivity index is 2.30. The van der Waals surface area contributed by atoms with Crippen molar-refractivity contribution in [3.63, 3.8) is 0 Å². The van der Waals surface area contributed by atoms with Gasteiger partial charge < -0.3 is 0 Å². The van der Waals surface area contributed by atoms with Crippen molar-refractivity contribution in [3.05, 3.63) is 29.3 Å². The quantitative estimate of drug-likeness (QED) is 0.834. The molecule has 0 atom stereocenters. The van der Waals surface area contributed by atoms with E-state index >= 15 is 0 Å². The van der Waals surface area contributed by atoms with Crippen LogP contribution in [0.25, 0.3) is 10.2 Å². The zero-order chi connectivity index (χ0) is 10.9. The number of para-hydroxylation sites is 1. The third-order valence-corrected chi connectivity index (χ3v) is 4.05. The monoisotopic (exact) mass is 238 g/mol. The van der Waals surface area contributed by atoms with Crippen molar-refractivity contribution in [3.8, 4) is 0 Å². The highest BCUT2D eigenvalue weighted by Crippen LogP contribution is 2.29. The standard InChI is InChI=1S/C11H14N2S2/c1-11(2,15-12)7-10-13-8-5-3-4-6-9(8)14-10/h3-6H,7,12H2,1-2H3. The van der Waals surface area contributed by atoms with E-state index in [1.807, 2.05) is 12.1 Å². The Hall–Kier alpha value is -0.580. The fourth-order valence-corrected chi connectivity index (χ4v) is 2.91. The molecule has 0 bridgehead atoms. The number of rotatable bonds is 3. The second kappa shape index (κ2) is 4.12. The maximum absolute atomic E-state index is 5.64. The largest absolute Gasteiger partial charge is 0.277 e. The number of nitrogens with zero attached hydrogens (tertiary/aromatic N) is 1. The number of aromatic nitrogens is 1. The van der Waals surface area contributed by atoms with E-state index in [4.69, 9.17) is 5.14 Å². The van der Waals surface area contributed by atoms with Gasteiger partial charge in [-0.2, -0.15) is 0 Å². The van der Waals surface area contributed by atoms with Crippen LogP contribution in [0.15, 0.2) is 24.3 Å². The second-order valence-corrected chi connectivity index (χ2v) is 6.59. The van der Waals surface area contributed by atoms with Crippen molar-refractivity contribution in [2.75, 3.05) is 0 Å². The minimum absolute atomic E-state index is 0.0634. The molecule has 2 N–H and O–H groups in total. The average Bonchev–Trinajstić information content (AvgIpc) is 2.58. The summed E-state index contributed by atoms with van der Waals surface area (Å²) in [6, 6.07) is 8.23. The van der Waals surface area contributed by atoms with Crippen LogP contribution in [0.4, 0.5) is 0 Å². The average molecular weight is 238 g/mol. The predicted molar refractivity (Wildman–Crippen MR) is 69.2 cm³/mol. The summed E-state index contributed by atoms with van der Waals surface area (Å²) in [5.41, 5.74) is 1.09. The lowest BCUT2D eigenvalue weighted by Crippen LogP contribution is -2.20. The highest BCUT2D eigenvalue weighted by molar-refractivity contribution is 7.98. The fraction of sp³-hybridized carbons (Fsp3) is 0.364. The normalized spacial score (nSPS) is 12.2. The number of fused-ring (bicyclic) bond motifs is 1. The van der Waals surface area contributed by atoms with Crippen molar-refractivity contribution in [1.29, 1.82) is 0 Å². The van der Waals surface area contributed by atoms with Crippen LogP contribution in [0, 0.1) is 0 Å². The first kappa shape index (κ1) is 10.9. The van der Waals surface area contributed by atoms with Gasteiger partial charge in [0.1, 0.15) is 0 Å². The molecular weight excluding hydrogens is 224 g/mol. The van der Waals surface area contributed by atoms with Crippen LogP contribution in [-0.4, -0.2) is 9.73 Å². The third kappa shape index (κ3) is 2.51. The van der Waals surface area contributed by atoms with Crippen LogP contribution in [0.5, 0.6) is 0 Å². The zero-order valence-corrected chi connectivity index (χ0v) is 10.5. The molecule has 0 saturated heterocycles. The first-order chi connectivity index (χ1) is 7.11. The van der Waals surface area contributed by atoms with Crippen LogP contribution in [0.3, 0.4) is 0 Å². The van der Waals surface area contributed by atoms with Gasteiger partial charge in [0, 0.05) is 11.2 Å². The van der Waals surface area contributed by atoms with Crippen molar-refractivity contribution in [2.45, 2.75) is 25.0 Å². The van der Waals surface area contributed by atoms with Crippen molar-refractivity contribution >= 4 is 33.5 Å². The van der Waals surface area contributed by atoms with E-state index in [0.717, 1.165) is 11.9 Å². The summed E-state index contributed by atoms with van der Waals surface area (Å²) in [4.78, 5) is 4.60. The molecule has 0 saturated carbocycles. The van der Waals surface area contributed by atoms with E-state index in [9.17, 15) is 0 Å². The van der Waals surface area contributed by atoms with Crippen molar-refractivity contribution in [1.82, 2.24) is 4.98 Å². The summed E-state index contributed by atoms with van der Waals surface area (Å²) in [6.07, 6.45) is 0.924. The Morgan fingerprint density at radius 2 is 2.13 bits per heavy atom. The molecule has 1 aromatic carbocycles. The predicted octanol–water partition coefficient (Wildman–Crippen LogP) is 3.22. The number of hydrogen-bond acceptors (Lipinski definition) is 4. The van der Waals surface area contributed by atoms with Gasteiger partial charge in [-0.05, 0) is 26.0 Å². The molecule has 2 rings (SSSR count). The van der Waals surface area contributed by atoms with Gasteiger partial charge in [-0.15, -0.1) is 11.3 Å². The van der Waals surface area contributed by atoms with Crippen molar-refractivity contribution in [2.24, 2.45) is 5.14 Å². The van der Waals surface area contributed by atoms with Gasteiger partial charge in [0.2, 0.25) is 0 Å². The summed E-state index contributed by atoms with van der Waals surface area (Å²) < 4.78 is 1.32. The molecule has 0 fully saturated rings. The maximum Gasteiger partial charge on any atom is 0.0952 e. The molecule has 1 aromatic heterocycles. The van der Waals surface area contributed by atoms with Crippen LogP contribution in [-0.2, 0) is 6.42 Å². The molecular formula is C11H14N2S2. The molecule has 2 nitrogen and oxygen atoms in total. The lowest BCUT2D eigenvalue weighted by Gasteiger charge is -2.18. The minimum Gasteiger partial charge on any atom is -0.277 e. The van der Waals surface area contributed by atoms with Crippen LogP contribution in [0.2, 0.25) is 0 Å². The SMILES string of the molecule is CC(C)(Cc1nc2ccccc2s1)SN. The molecule has 4 heteroatoms. The van der Waals surface area contributed by atoms with Gasteiger partial charge in [-0.25, -0.2) is 4.98 Å². The molecule has 0 radical (unpaired) electrons. The first-order valence-corrected chi connectivity index (χ1v) is 6.53. The molecule has 0 spiro atoms. The highest BCUT2D eigenvalue weighted by Gasteiger charge is 2.19. The summed E-state index contributed by atoms with van der Waals surface area (Å²) >= 11 is 3.16. The minimum atomic E-state index is 0.0634. The molecule has 15 heavy (non-hydrogen) atoms. The lowest BCUT2D eigenvalue weighted by molar-refractivity contribution is 0.706. The molecule has 2 aromatic rings. The Morgan fingerprint density at radius 1 is 1.40 bits per heavy atom. The van der Waals surface area contributed by atoms with Crippen LogP contribution in [0.1, 0.15) is 18.9 Å². The summed E-state index contributed by atoms with van der Waals surface area (Å²) in [7, 11) is 0. The van der Waals surface area contributed by atoms with Gasteiger partial charge >= 0.3 is 0 Å². The first-order valence-electron chi connectivity index (χ1n) is 4.83. The van der Waals surface area contributed by atoms with Crippen molar-refractivity contribution < 1.29 is 0 Å². The summed E-state index contributed by atoms with van der Waals surface area (Å²) in [5.74, 6) is 0. The van der Waals surface area contributed by atoms with Gasteiger partial charge in [0.15, 0.2) is 0 Å². The Labute approximate surface area is 98.0 Å². The van der Waals surface area contributed by atoms with E-state index in [-0.39, 0.29) is 4.75 Å². The van der Waals surface area contributed by atoms with Crippen LogP contribution < -0.4 is 5.14 Å². The zero-order valence-electron chi connectivity index (χ0n) is 8.86. The lowest BCUT2D eigenvalue weighted by atomic mass is 10.1. The number of nitrogens with two attached hydrogens (primary N) is 1. The van der Waals surface area contributed by atoms with E-state index in [1.54, 1.807) is 11.3 Å². The molecule has 0 amide bonds. The Bertz CT molecular complexity index is 429. The molecule has 0 aliphatic heterocycles. The second-order valence-electron chi connectivity index (χ2n) is 4.13. The fourth-order valence-electron chi connectivity index (χ4n) is 1.40. The Morgan fingerprint density at radius 3 is 2.80 bits per heavy atom. The highest BCUT2D eigenvalue weighted by atomic mass is 32.2. The van der Waals surface area contributed by atoms with Gasteiger partial charge in [-0.1, -0.05) is 24.1 Å². The van der Waals surface area contributed by atoms with Gasteiger partial charge in [0.05, 0.1) is 15.2 Å². The van der Waals surface area contributed by atoms with E-state index in [2.05, 4.69) is 31.0 Å². The summed E-state index contributed by atoms with van der Waals surface area (Å²) in [6.45, 7) is 4.29. The van der Waals surface area contributed by atoms with Gasteiger partial charge in [0.25, 0.3) is 0 Å². The number of hydrogen-bond donors (Lipinski definition) is 1. The van der Waals surface area contributed by atoms with Gasteiger partial charge in [-0.3, -0.25) is 5.14 Å². The van der Waals surface area contributed by atoms with Crippen LogP contribution >= 0.6 is 23.3 Å². The van der Waals surface area contributed by atoms with E-state index in [0.29, 0.717) is 0 Å². The Kier molecular flexibility index (Phi) is 3.00. The molecule has 0 unspecified atom stereocenters. The molecule has 0 aliphatic rings. The molecule has 1 heterocycles. The smallest absolute Gasteiger partial charge is 0.0952 e. The molecule has 0 aliphatic carbocycles.